The molecule has 0 radical (unpaired) electrons. The monoisotopic (exact) mass is 235 g/mol. The van der Waals surface area contributed by atoms with Crippen LogP contribution >= 0.6 is 11.6 Å². The molecule has 1 aromatic heterocycles. The summed E-state index contributed by atoms with van der Waals surface area (Å²) in [6, 6.07) is 4.29. The molecular formula is C13H14ClNO. The van der Waals surface area contributed by atoms with Crippen LogP contribution in [0.5, 0.6) is 0 Å². The van der Waals surface area contributed by atoms with Gasteiger partial charge in [-0.1, -0.05) is 17.7 Å². The second kappa shape index (κ2) is 4.30. The molecule has 0 saturated carbocycles. The van der Waals surface area contributed by atoms with E-state index >= 15 is 0 Å². The summed E-state index contributed by atoms with van der Waals surface area (Å²) in [5, 5.41) is 0. The number of alkyl halides is 1. The Labute approximate surface area is 100 Å². The van der Waals surface area contributed by atoms with Crippen molar-refractivity contribution in [3.05, 3.63) is 40.9 Å². The molecule has 0 aliphatic rings. The molecule has 0 fully saturated rings. The Kier molecular flexibility index (Phi) is 3.01. The Hall–Kier alpha value is -1.28. The molecule has 2 rings (SSSR count). The summed E-state index contributed by atoms with van der Waals surface area (Å²) in [6.45, 7) is 6.25. The average molecular weight is 236 g/mol. The van der Waals surface area contributed by atoms with Crippen molar-refractivity contribution in [2.75, 3.05) is 0 Å². The highest BCUT2D eigenvalue weighted by Gasteiger charge is 2.11. The zero-order chi connectivity index (χ0) is 11.7. The van der Waals surface area contributed by atoms with E-state index in [-0.39, 0.29) is 0 Å². The number of halogens is 1. The standard InChI is InChI=1S/C13H14ClNO/c1-8-4-9(2)13(10(3)5-8)11-7-15-12(6-14)16-11/h4-5,7H,6H2,1-3H3. The molecule has 0 aliphatic carbocycles. The summed E-state index contributed by atoms with van der Waals surface area (Å²) < 4.78 is 5.58. The normalized spacial score (nSPS) is 10.8. The van der Waals surface area contributed by atoms with Crippen molar-refractivity contribution in [1.29, 1.82) is 0 Å². The Morgan fingerprint density at radius 3 is 2.31 bits per heavy atom. The lowest BCUT2D eigenvalue weighted by Crippen LogP contribution is -1.88. The highest BCUT2D eigenvalue weighted by atomic mass is 35.5. The zero-order valence-electron chi connectivity index (χ0n) is 9.67. The summed E-state index contributed by atoms with van der Waals surface area (Å²) in [7, 11) is 0. The minimum atomic E-state index is 0.309. The molecule has 0 aliphatic heterocycles. The van der Waals surface area contributed by atoms with Gasteiger partial charge in [0.2, 0.25) is 5.89 Å². The Morgan fingerprint density at radius 1 is 1.19 bits per heavy atom. The summed E-state index contributed by atoms with van der Waals surface area (Å²) in [4.78, 5) is 4.12. The molecule has 0 amide bonds. The van der Waals surface area contributed by atoms with Crippen molar-refractivity contribution in [2.45, 2.75) is 26.7 Å². The van der Waals surface area contributed by atoms with E-state index in [0.717, 1.165) is 11.3 Å². The molecule has 0 saturated heterocycles. The maximum atomic E-state index is 5.68. The molecule has 1 heterocycles. The fourth-order valence-electron chi connectivity index (χ4n) is 2.06. The third-order valence-corrected chi connectivity index (χ3v) is 2.82. The van der Waals surface area contributed by atoms with E-state index < -0.39 is 0 Å². The number of hydrogen-bond donors (Lipinski definition) is 0. The van der Waals surface area contributed by atoms with Crippen molar-refractivity contribution in [3.8, 4) is 11.3 Å². The third-order valence-electron chi connectivity index (χ3n) is 2.59. The molecule has 84 valence electrons. The quantitative estimate of drug-likeness (QED) is 0.736. The SMILES string of the molecule is Cc1cc(C)c(-c2cnc(CCl)o2)c(C)c1. The van der Waals surface area contributed by atoms with Gasteiger partial charge < -0.3 is 4.42 Å². The fourth-order valence-corrected chi connectivity index (χ4v) is 2.18. The molecule has 0 bridgehead atoms. The molecule has 0 N–H and O–H groups in total. The minimum absolute atomic E-state index is 0.309. The van der Waals surface area contributed by atoms with Crippen molar-refractivity contribution in [2.24, 2.45) is 0 Å². The molecule has 0 atom stereocenters. The Bertz CT molecular complexity index is 493. The van der Waals surface area contributed by atoms with Gasteiger partial charge in [0.1, 0.15) is 0 Å². The van der Waals surface area contributed by atoms with E-state index in [1.54, 1.807) is 6.20 Å². The summed E-state index contributed by atoms with van der Waals surface area (Å²) in [6.07, 6.45) is 1.74. The second-order valence-corrected chi connectivity index (χ2v) is 4.29. The van der Waals surface area contributed by atoms with E-state index in [1.807, 2.05) is 0 Å². The van der Waals surface area contributed by atoms with Crippen molar-refractivity contribution < 1.29 is 4.42 Å². The number of hydrogen-bond acceptors (Lipinski definition) is 2. The lowest BCUT2D eigenvalue weighted by atomic mass is 9.98. The van der Waals surface area contributed by atoms with Crippen molar-refractivity contribution >= 4 is 11.6 Å². The predicted octanol–water partition coefficient (Wildman–Crippen LogP) is 4.01. The van der Waals surface area contributed by atoms with Gasteiger partial charge >= 0.3 is 0 Å². The van der Waals surface area contributed by atoms with Crippen LogP contribution in [0, 0.1) is 20.8 Å². The highest BCUT2D eigenvalue weighted by Crippen LogP contribution is 2.29. The van der Waals surface area contributed by atoms with Crippen LogP contribution in [-0.2, 0) is 5.88 Å². The molecule has 0 unspecified atom stereocenters. The van der Waals surface area contributed by atoms with E-state index in [2.05, 4.69) is 37.9 Å². The number of benzene rings is 1. The largest absolute Gasteiger partial charge is 0.439 e. The predicted molar refractivity (Wildman–Crippen MR) is 65.7 cm³/mol. The lowest BCUT2D eigenvalue weighted by Gasteiger charge is -2.08. The molecule has 1 aromatic carbocycles. The highest BCUT2D eigenvalue weighted by molar-refractivity contribution is 6.16. The Morgan fingerprint density at radius 2 is 1.81 bits per heavy atom. The first-order valence-electron chi connectivity index (χ1n) is 5.20. The van der Waals surface area contributed by atoms with Crippen LogP contribution in [0.4, 0.5) is 0 Å². The van der Waals surface area contributed by atoms with Crippen molar-refractivity contribution in [1.82, 2.24) is 4.98 Å². The van der Waals surface area contributed by atoms with Crippen LogP contribution in [0.15, 0.2) is 22.7 Å². The van der Waals surface area contributed by atoms with Crippen LogP contribution < -0.4 is 0 Å². The number of aromatic nitrogens is 1. The second-order valence-electron chi connectivity index (χ2n) is 4.03. The van der Waals surface area contributed by atoms with Crippen LogP contribution in [0.25, 0.3) is 11.3 Å². The summed E-state index contributed by atoms with van der Waals surface area (Å²) >= 11 is 5.68. The smallest absolute Gasteiger partial charge is 0.209 e. The molecule has 0 spiro atoms. The van der Waals surface area contributed by atoms with E-state index in [0.29, 0.717) is 11.8 Å². The van der Waals surface area contributed by atoms with E-state index in [9.17, 15) is 0 Å². The van der Waals surface area contributed by atoms with Gasteiger partial charge in [-0.15, -0.1) is 11.6 Å². The number of nitrogens with zero attached hydrogens (tertiary/aromatic N) is 1. The van der Waals surface area contributed by atoms with Gasteiger partial charge in [-0.3, -0.25) is 0 Å². The van der Waals surface area contributed by atoms with Gasteiger partial charge in [-0.2, -0.15) is 0 Å². The lowest BCUT2D eigenvalue weighted by molar-refractivity contribution is 0.528. The maximum absolute atomic E-state index is 5.68. The zero-order valence-corrected chi connectivity index (χ0v) is 10.4. The third kappa shape index (κ3) is 1.98. The summed E-state index contributed by atoms with van der Waals surface area (Å²) in [5.41, 5.74) is 4.79. The fraction of sp³-hybridized carbons (Fsp3) is 0.308. The molecule has 2 aromatic rings. The van der Waals surface area contributed by atoms with Gasteiger partial charge in [0.15, 0.2) is 5.76 Å². The van der Waals surface area contributed by atoms with Gasteiger partial charge in [0.25, 0.3) is 0 Å². The first-order valence-corrected chi connectivity index (χ1v) is 5.74. The number of rotatable bonds is 2. The molecule has 2 nitrogen and oxygen atoms in total. The minimum Gasteiger partial charge on any atom is -0.439 e. The molecule has 3 heteroatoms. The van der Waals surface area contributed by atoms with E-state index in [4.69, 9.17) is 16.0 Å². The average Bonchev–Trinajstić information content (AvgIpc) is 2.64. The number of aryl methyl sites for hydroxylation is 3. The molecule has 16 heavy (non-hydrogen) atoms. The topological polar surface area (TPSA) is 26.0 Å². The van der Waals surface area contributed by atoms with Crippen LogP contribution in [0.2, 0.25) is 0 Å². The summed E-state index contributed by atoms with van der Waals surface area (Å²) in [5.74, 6) is 1.67. The van der Waals surface area contributed by atoms with Crippen LogP contribution in [-0.4, -0.2) is 4.98 Å². The van der Waals surface area contributed by atoms with Crippen molar-refractivity contribution in [3.63, 3.8) is 0 Å². The van der Waals surface area contributed by atoms with Crippen LogP contribution in [0.1, 0.15) is 22.6 Å². The first kappa shape index (κ1) is 11.2. The first-order chi connectivity index (χ1) is 7.61. The number of oxazole rings is 1. The maximum Gasteiger partial charge on any atom is 0.209 e. The van der Waals surface area contributed by atoms with Gasteiger partial charge in [0.05, 0.1) is 12.1 Å². The van der Waals surface area contributed by atoms with Gasteiger partial charge in [-0.05, 0) is 31.9 Å². The van der Waals surface area contributed by atoms with Crippen LogP contribution in [0.3, 0.4) is 0 Å². The van der Waals surface area contributed by atoms with Gasteiger partial charge in [0, 0.05) is 5.56 Å². The Balaban J connectivity index is 2.55. The van der Waals surface area contributed by atoms with E-state index in [1.165, 1.54) is 16.7 Å². The molecular weight excluding hydrogens is 222 g/mol. The van der Waals surface area contributed by atoms with Gasteiger partial charge in [-0.25, -0.2) is 4.98 Å².